The Kier molecular flexibility index (Phi) is 17.3. The van der Waals surface area contributed by atoms with Gasteiger partial charge in [-0.3, -0.25) is 0 Å². The molecular weight excluding hydrogens is 304 g/mol. The van der Waals surface area contributed by atoms with Crippen LogP contribution in [0.25, 0.3) is 0 Å². The van der Waals surface area contributed by atoms with Gasteiger partial charge in [0.15, 0.2) is 0 Å². The lowest BCUT2D eigenvalue weighted by Crippen LogP contribution is -2.29. The van der Waals surface area contributed by atoms with Gasteiger partial charge in [-0.25, -0.2) is 0 Å². The largest absolute Gasteiger partial charge is 0.378 e. The Morgan fingerprint density at radius 3 is 1.60 bits per heavy atom. The molecule has 152 valence electrons. The topological polar surface area (TPSA) is 9.23 Å². The zero-order chi connectivity index (χ0) is 18.9. The molecule has 25 heavy (non-hydrogen) atoms. The molecule has 0 aliphatic carbocycles. The summed E-state index contributed by atoms with van der Waals surface area (Å²) in [5, 5.41) is 0. The van der Waals surface area contributed by atoms with E-state index in [9.17, 15) is 0 Å². The average Bonchev–Trinajstić information content (AvgIpc) is 2.64. The zero-order valence-corrected chi connectivity index (χ0v) is 18.6. The van der Waals surface area contributed by atoms with Gasteiger partial charge in [0.05, 0.1) is 6.10 Å². The lowest BCUT2D eigenvalue weighted by Gasteiger charge is -2.31. The summed E-state index contributed by atoms with van der Waals surface area (Å²) in [5.41, 5.74) is 0. The Hall–Kier alpha value is -0.0400. The lowest BCUT2D eigenvalue weighted by molar-refractivity contribution is -0.0275. The fourth-order valence-electron chi connectivity index (χ4n) is 3.98. The van der Waals surface area contributed by atoms with E-state index in [1.807, 2.05) is 0 Å². The molecule has 0 saturated heterocycles. The van der Waals surface area contributed by atoms with Crippen molar-refractivity contribution < 1.29 is 4.74 Å². The molecule has 0 fully saturated rings. The highest BCUT2D eigenvalue weighted by Gasteiger charge is 2.24. The van der Waals surface area contributed by atoms with Crippen molar-refractivity contribution in [2.75, 3.05) is 6.61 Å². The van der Waals surface area contributed by atoms with Crippen molar-refractivity contribution in [1.29, 1.82) is 0 Å². The molecule has 0 aliphatic rings. The van der Waals surface area contributed by atoms with Crippen molar-refractivity contribution >= 4 is 0 Å². The van der Waals surface area contributed by atoms with Crippen LogP contribution in [0.2, 0.25) is 0 Å². The first-order valence-corrected chi connectivity index (χ1v) is 11.8. The predicted molar refractivity (Wildman–Crippen MR) is 114 cm³/mol. The highest BCUT2D eigenvalue weighted by molar-refractivity contribution is 4.74. The van der Waals surface area contributed by atoms with E-state index in [2.05, 4.69) is 41.5 Å². The van der Waals surface area contributed by atoms with Gasteiger partial charge in [0, 0.05) is 6.61 Å². The molecule has 4 unspecified atom stereocenters. The van der Waals surface area contributed by atoms with Crippen LogP contribution in [-0.2, 0) is 4.74 Å². The van der Waals surface area contributed by atoms with Crippen LogP contribution in [0.4, 0.5) is 0 Å². The van der Waals surface area contributed by atoms with E-state index in [4.69, 9.17) is 4.74 Å². The maximum Gasteiger partial charge on any atom is 0.0605 e. The smallest absolute Gasteiger partial charge is 0.0605 e. The third-order valence-corrected chi connectivity index (χ3v) is 6.18. The van der Waals surface area contributed by atoms with Crippen molar-refractivity contribution in [3.8, 4) is 0 Å². The maximum absolute atomic E-state index is 6.65. The average molecular weight is 355 g/mol. The van der Waals surface area contributed by atoms with Crippen molar-refractivity contribution in [2.45, 2.75) is 131 Å². The van der Waals surface area contributed by atoms with E-state index < -0.39 is 0 Å². The number of hydrogen-bond acceptors (Lipinski definition) is 1. The molecule has 0 saturated carbocycles. The van der Waals surface area contributed by atoms with Crippen LogP contribution in [0.5, 0.6) is 0 Å². The Labute approximate surface area is 160 Å². The summed E-state index contributed by atoms with van der Waals surface area (Å²) < 4.78 is 6.65. The molecule has 0 amide bonds. The van der Waals surface area contributed by atoms with Gasteiger partial charge < -0.3 is 4.74 Å². The molecule has 4 atom stereocenters. The molecule has 0 N–H and O–H groups in total. The zero-order valence-electron chi connectivity index (χ0n) is 18.6. The van der Waals surface area contributed by atoms with Crippen LogP contribution in [0, 0.1) is 17.8 Å². The molecule has 0 aromatic carbocycles. The molecule has 0 aromatic heterocycles. The van der Waals surface area contributed by atoms with Gasteiger partial charge in [-0.2, -0.15) is 0 Å². The maximum atomic E-state index is 6.65. The summed E-state index contributed by atoms with van der Waals surface area (Å²) in [6.45, 7) is 15.0. The Bertz CT molecular complexity index is 263. The summed E-state index contributed by atoms with van der Waals surface area (Å²) >= 11 is 0. The number of ether oxygens (including phenoxy) is 1. The minimum Gasteiger partial charge on any atom is -0.378 e. The third-order valence-electron chi connectivity index (χ3n) is 6.18. The van der Waals surface area contributed by atoms with Gasteiger partial charge in [-0.1, -0.05) is 106 Å². The molecule has 0 aliphatic heterocycles. The van der Waals surface area contributed by atoms with Gasteiger partial charge in [0.2, 0.25) is 0 Å². The fourth-order valence-corrected chi connectivity index (χ4v) is 3.98. The summed E-state index contributed by atoms with van der Waals surface area (Å²) in [4.78, 5) is 0. The summed E-state index contributed by atoms with van der Waals surface area (Å²) in [6, 6.07) is 0. The summed E-state index contributed by atoms with van der Waals surface area (Å²) in [7, 11) is 0. The second-order valence-corrected chi connectivity index (χ2v) is 8.25. The van der Waals surface area contributed by atoms with Crippen LogP contribution >= 0.6 is 0 Å². The van der Waals surface area contributed by atoms with Crippen molar-refractivity contribution in [1.82, 2.24) is 0 Å². The standard InChI is InChI=1S/C24H50O/c1-7-13-16-21(10-4)19-24(23(12-6)18-15-9-3)25-20-22(11-5)17-14-8-2/h21-24H,7-20H2,1-6H3. The fraction of sp³-hybridized carbons (Fsp3) is 1.00. The third kappa shape index (κ3) is 12.1. The number of unbranched alkanes of at least 4 members (excludes halogenated alkanes) is 3. The van der Waals surface area contributed by atoms with Crippen LogP contribution in [0.1, 0.15) is 125 Å². The normalized spacial score (nSPS) is 16.6. The van der Waals surface area contributed by atoms with E-state index in [1.54, 1.807) is 0 Å². The van der Waals surface area contributed by atoms with Gasteiger partial charge in [-0.05, 0) is 37.0 Å². The Morgan fingerprint density at radius 2 is 1.12 bits per heavy atom. The molecule has 0 bridgehead atoms. The highest BCUT2D eigenvalue weighted by Crippen LogP contribution is 2.29. The molecule has 0 heterocycles. The van der Waals surface area contributed by atoms with Gasteiger partial charge >= 0.3 is 0 Å². The van der Waals surface area contributed by atoms with Crippen molar-refractivity contribution in [3.63, 3.8) is 0 Å². The summed E-state index contributed by atoms with van der Waals surface area (Å²) in [5.74, 6) is 2.39. The second kappa shape index (κ2) is 17.4. The first-order valence-electron chi connectivity index (χ1n) is 11.8. The van der Waals surface area contributed by atoms with Crippen LogP contribution in [0.3, 0.4) is 0 Å². The van der Waals surface area contributed by atoms with E-state index >= 15 is 0 Å². The molecule has 1 heteroatoms. The summed E-state index contributed by atoms with van der Waals surface area (Å²) in [6.07, 6.45) is 17.8. The second-order valence-electron chi connectivity index (χ2n) is 8.25. The van der Waals surface area contributed by atoms with Gasteiger partial charge in [0.25, 0.3) is 0 Å². The van der Waals surface area contributed by atoms with E-state index in [0.717, 1.165) is 24.4 Å². The van der Waals surface area contributed by atoms with Gasteiger partial charge in [-0.15, -0.1) is 0 Å². The minimum atomic E-state index is 0.494. The molecule has 0 radical (unpaired) electrons. The first kappa shape index (κ1) is 25.0. The highest BCUT2D eigenvalue weighted by atomic mass is 16.5. The van der Waals surface area contributed by atoms with Crippen molar-refractivity contribution in [2.24, 2.45) is 17.8 Å². The van der Waals surface area contributed by atoms with E-state index in [0.29, 0.717) is 6.10 Å². The number of hydrogen-bond donors (Lipinski definition) is 0. The quantitative estimate of drug-likeness (QED) is 0.240. The van der Waals surface area contributed by atoms with E-state index in [1.165, 1.54) is 83.5 Å². The van der Waals surface area contributed by atoms with Crippen LogP contribution in [0.15, 0.2) is 0 Å². The van der Waals surface area contributed by atoms with Crippen LogP contribution in [-0.4, -0.2) is 12.7 Å². The molecule has 0 rings (SSSR count). The molecule has 0 spiro atoms. The van der Waals surface area contributed by atoms with Crippen LogP contribution < -0.4 is 0 Å². The molecule has 0 aromatic rings. The Balaban J connectivity index is 4.78. The minimum absolute atomic E-state index is 0.494. The molecule has 1 nitrogen and oxygen atoms in total. The Morgan fingerprint density at radius 1 is 0.600 bits per heavy atom. The number of rotatable bonds is 18. The first-order chi connectivity index (χ1) is 12.2. The van der Waals surface area contributed by atoms with Gasteiger partial charge in [0.1, 0.15) is 0 Å². The monoisotopic (exact) mass is 354 g/mol. The van der Waals surface area contributed by atoms with E-state index in [-0.39, 0.29) is 0 Å². The molecular formula is C24H50O. The van der Waals surface area contributed by atoms with Crippen molar-refractivity contribution in [3.05, 3.63) is 0 Å². The predicted octanol–water partition coefficient (Wildman–Crippen LogP) is 8.41. The lowest BCUT2D eigenvalue weighted by atomic mass is 9.84. The SMILES string of the molecule is CCCCC(CC)COC(CC(CC)CCCC)C(CC)CCCC.